The van der Waals surface area contributed by atoms with Gasteiger partial charge in [0.1, 0.15) is 6.54 Å². The zero-order valence-corrected chi connectivity index (χ0v) is 7.66. The smallest absolute Gasteiger partial charge is 0.241 e. The number of hydrogen-bond donors (Lipinski definition) is 2. The number of aromatic nitrogens is 2. The predicted octanol–water partition coefficient (Wildman–Crippen LogP) is -0.355. The van der Waals surface area contributed by atoms with Gasteiger partial charge in [0.05, 0.1) is 17.8 Å². The van der Waals surface area contributed by atoms with Crippen molar-refractivity contribution >= 4 is 17.5 Å². The van der Waals surface area contributed by atoms with Crippen molar-refractivity contribution in [1.29, 1.82) is 0 Å². The van der Waals surface area contributed by atoms with E-state index >= 15 is 0 Å². The van der Waals surface area contributed by atoms with Crippen LogP contribution < -0.4 is 5.32 Å². The molecular weight excluding hydrogens is 194 g/mol. The Balaban J connectivity index is 2.36. The highest BCUT2D eigenvalue weighted by molar-refractivity contribution is 6.30. The summed E-state index contributed by atoms with van der Waals surface area (Å²) in [6, 6.07) is 0. The third-order valence-corrected chi connectivity index (χ3v) is 1.54. The molecule has 0 aliphatic rings. The maximum absolute atomic E-state index is 11.1. The summed E-state index contributed by atoms with van der Waals surface area (Å²) in [5.41, 5.74) is 0. The third kappa shape index (κ3) is 3.43. The Morgan fingerprint density at radius 3 is 3.08 bits per heavy atom. The number of carbonyl (C=O) groups is 1. The van der Waals surface area contributed by atoms with E-state index in [-0.39, 0.29) is 25.6 Å². The van der Waals surface area contributed by atoms with Gasteiger partial charge in [-0.05, 0) is 0 Å². The Morgan fingerprint density at radius 1 is 1.77 bits per heavy atom. The normalized spacial score (nSPS) is 10.0. The van der Waals surface area contributed by atoms with E-state index < -0.39 is 0 Å². The minimum Gasteiger partial charge on any atom is -0.395 e. The lowest BCUT2D eigenvalue weighted by molar-refractivity contribution is -0.122. The van der Waals surface area contributed by atoms with Crippen molar-refractivity contribution in [3.63, 3.8) is 0 Å². The molecule has 0 bridgehead atoms. The van der Waals surface area contributed by atoms with Crippen LogP contribution in [0.2, 0.25) is 5.02 Å². The number of nitrogens with zero attached hydrogens (tertiary/aromatic N) is 2. The molecule has 1 aromatic heterocycles. The molecule has 0 aromatic carbocycles. The number of amides is 1. The third-order valence-electron chi connectivity index (χ3n) is 1.34. The van der Waals surface area contributed by atoms with Crippen LogP contribution in [0.15, 0.2) is 12.4 Å². The lowest BCUT2D eigenvalue weighted by Crippen LogP contribution is -2.30. The fourth-order valence-corrected chi connectivity index (χ4v) is 0.979. The molecule has 0 spiro atoms. The molecule has 0 saturated heterocycles. The van der Waals surface area contributed by atoms with Crippen molar-refractivity contribution in [3.05, 3.63) is 17.4 Å². The number of nitrogens with one attached hydrogen (secondary N) is 1. The van der Waals surface area contributed by atoms with Crippen LogP contribution in [0, 0.1) is 0 Å². The van der Waals surface area contributed by atoms with Gasteiger partial charge >= 0.3 is 0 Å². The minimum absolute atomic E-state index is 0.0639. The van der Waals surface area contributed by atoms with Crippen molar-refractivity contribution < 1.29 is 9.90 Å². The SMILES string of the molecule is O=C(Cn1cc(Cl)cn1)NCCO. The van der Waals surface area contributed by atoms with Crippen LogP contribution >= 0.6 is 11.6 Å². The first-order chi connectivity index (χ1) is 6.22. The average Bonchev–Trinajstić information content (AvgIpc) is 2.48. The highest BCUT2D eigenvalue weighted by Gasteiger charge is 2.02. The molecule has 0 aliphatic heterocycles. The Morgan fingerprint density at radius 2 is 2.54 bits per heavy atom. The highest BCUT2D eigenvalue weighted by Crippen LogP contribution is 2.03. The molecule has 1 amide bonds. The van der Waals surface area contributed by atoms with Gasteiger partial charge in [-0.2, -0.15) is 5.10 Å². The minimum atomic E-state index is -0.200. The lowest BCUT2D eigenvalue weighted by atomic mass is 10.5. The molecule has 0 unspecified atom stereocenters. The first-order valence-electron chi connectivity index (χ1n) is 3.78. The topological polar surface area (TPSA) is 67.2 Å². The van der Waals surface area contributed by atoms with Gasteiger partial charge in [0, 0.05) is 12.7 Å². The number of hydrogen-bond acceptors (Lipinski definition) is 3. The van der Waals surface area contributed by atoms with Crippen LogP contribution in [0.1, 0.15) is 0 Å². The summed E-state index contributed by atoms with van der Waals surface area (Å²) in [5.74, 6) is -0.200. The Hall–Kier alpha value is -1.07. The van der Waals surface area contributed by atoms with Gasteiger partial charge in [-0.1, -0.05) is 11.6 Å². The van der Waals surface area contributed by atoms with Gasteiger partial charge < -0.3 is 10.4 Å². The second-order valence-corrected chi connectivity index (χ2v) is 2.87. The molecule has 0 saturated carbocycles. The standard InChI is InChI=1S/C7H10ClN3O2/c8-6-3-10-11(4-6)5-7(13)9-1-2-12/h3-4,12H,1-2,5H2,(H,9,13). The second kappa shape index (κ2) is 4.84. The Bertz CT molecular complexity index is 287. The molecular formula is C7H10ClN3O2. The molecule has 0 fully saturated rings. The van der Waals surface area contributed by atoms with E-state index in [9.17, 15) is 4.79 Å². The number of aliphatic hydroxyl groups excluding tert-OH is 1. The van der Waals surface area contributed by atoms with Crippen molar-refractivity contribution in [1.82, 2.24) is 15.1 Å². The van der Waals surface area contributed by atoms with Gasteiger partial charge in [-0.15, -0.1) is 0 Å². The van der Waals surface area contributed by atoms with Crippen LogP contribution in [0.4, 0.5) is 0 Å². The molecule has 72 valence electrons. The Kier molecular flexibility index (Phi) is 3.72. The van der Waals surface area contributed by atoms with Gasteiger partial charge in [-0.25, -0.2) is 0 Å². The number of carbonyl (C=O) groups excluding carboxylic acids is 1. The molecule has 1 heterocycles. The van der Waals surface area contributed by atoms with Crippen LogP contribution in [0.25, 0.3) is 0 Å². The van der Waals surface area contributed by atoms with E-state index in [2.05, 4.69) is 10.4 Å². The van der Waals surface area contributed by atoms with E-state index in [1.54, 1.807) is 6.20 Å². The number of aliphatic hydroxyl groups is 1. The fraction of sp³-hybridized carbons (Fsp3) is 0.429. The van der Waals surface area contributed by atoms with E-state index in [0.717, 1.165) is 0 Å². The van der Waals surface area contributed by atoms with E-state index in [1.807, 2.05) is 0 Å². The van der Waals surface area contributed by atoms with Crippen molar-refractivity contribution in [2.24, 2.45) is 0 Å². The molecule has 0 atom stereocenters. The molecule has 2 N–H and O–H groups in total. The molecule has 6 heteroatoms. The quantitative estimate of drug-likeness (QED) is 0.703. The summed E-state index contributed by atoms with van der Waals surface area (Å²) in [7, 11) is 0. The first-order valence-corrected chi connectivity index (χ1v) is 4.15. The van der Waals surface area contributed by atoms with E-state index in [0.29, 0.717) is 5.02 Å². The molecule has 0 radical (unpaired) electrons. The maximum atomic E-state index is 11.1. The van der Waals surface area contributed by atoms with E-state index in [4.69, 9.17) is 16.7 Å². The molecule has 1 rings (SSSR count). The summed E-state index contributed by atoms with van der Waals surface area (Å²) >= 11 is 5.59. The van der Waals surface area contributed by atoms with Crippen LogP contribution in [0.5, 0.6) is 0 Å². The molecule has 1 aromatic rings. The highest BCUT2D eigenvalue weighted by atomic mass is 35.5. The number of rotatable bonds is 4. The monoisotopic (exact) mass is 203 g/mol. The first kappa shape index (κ1) is 10.0. The second-order valence-electron chi connectivity index (χ2n) is 2.43. The maximum Gasteiger partial charge on any atom is 0.241 e. The zero-order valence-electron chi connectivity index (χ0n) is 6.90. The van der Waals surface area contributed by atoms with Gasteiger partial charge in [-0.3, -0.25) is 9.48 Å². The summed E-state index contributed by atoms with van der Waals surface area (Å²) in [6.07, 6.45) is 3.01. The lowest BCUT2D eigenvalue weighted by Gasteiger charge is -2.02. The Labute approximate surface area is 80.3 Å². The summed E-state index contributed by atoms with van der Waals surface area (Å²) in [6.45, 7) is 0.312. The molecule has 5 nitrogen and oxygen atoms in total. The predicted molar refractivity (Wildman–Crippen MR) is 47.3 cm³/mol. The van der Waals surface area contributed by atoms with E-state index in [1.165, 1.54) is 10.9 Å². The fourth-order valence-electron chi connectivity index (χ4n) is 0.823. The largest absolute Gasteiger partial charge is 0.395 e. The summed E-state index contributed by atoms with van der Waals surface area (Å²) in [4.78, 5) is 11.1. The van der Waals surface area contributed by atoms with Gasteiger partial charge in [0.2, 0.25) is 5.91 Å². The van der Waals surface area contributed by atoms with Crippen molar-refractivity contribution in [2.45, 2.75) is 6.54 Å². The molecule has 13 heavy (non-hydrogen) atoms. The van der Waals surface area contributed by atoms with Gasteiger partial charge in [0.15, 0.2) is 0 Å². The number of halogens is 1. The average molecular weight is 204 g/mol. The summed E-state index contributed by atoms with van der Waals surface area (Å²) < 4.78 is 1.43. The van der Waals surface area contributed by atoms with Crippen LogP contribution in [0.3, 0.4) is 0 Å². The van der Waals surface area contributed by atoms with Crippen molar-refractivity contribution in [2.75, 3.05) is 13.2 Å². The molecule has 0 aliphatic carbocycles. The van der Waals surface area contributed by atoms with Crippen molar-refractivity contribution in [3.8, 4) is 0 Å². The van der Waals surface area contributed by atoms with Crippen LogP contribution in [-0.4, -0.2) is 33.9 Å². The zero-order chi connectivity index (χ0) is 9.68. The van der Waals surface area contributed by atoms with Crippen LogP contribution in [-0.2, 0) is 11.3 Å². The van der Waals surface area contributed by atoms with Gasteiger partial charge in [0.25, 0.3) is 0 Å². The summed E-state index contributed by atoms with van der Waals surface area (Å²) in [5, 5.41) is 15.2.